The highest BCUT2D eigenvalue weighted by atomic mass is 32.1. The molecule has 8 aromatic carbocycles. The van der Waals surface area contributed by atoms with Crippen LogP contribution in [0.3, 0.4) is 0 Å². The minimum absolute atomic E-state index is 0.645. The minimum atomic E-state index is 0.645. The molecule has 10 aromatic rings. The number of thiophene rings is 1. The average molecular weight is 697 g/mol. The van der Waals surface area contributed by atoms with Crippen LogP contribution in [0.4, 0.5) is 17.1 Å². The Morgan fingerprint density at radius 2 is 0.981 bits per heavy atom. The van der Waals surface area contributed by atoms with Crippen LogP contribution in [0.2, 0.25) is 0 Å². The molecule has 0 aliphatic rings. The highest BCUT2D eigenvalue weighted by Gasteiger charge is 2.19. The molecule has 53 heavy (non-hydrogen) atoms. The van der Waals surface area contributed by atoms with Gasteiger partial charge >= 0.3 is 0 Å². The molecular formula is C49H32N2OS. The van der Waals surface area contributed by atoms with Gasteiger partial charge in [-0.15, -0.1) is 11.3 Å². The number of aromatic nitrogens is 1. The summed E-state index contributed by atoms with van der Waals surface area (Å²) in [7, 11) is 0. The van der Waals surface area contributed by atoms with Gasteiger partial charge in [0.1, 0.15) is 5.52 Å². The van der Waals surface area contributed by atoms with Crippen LogP contribution in [-0.4, -0.2) is 4.98 Å². The smallest absolute Gasteiger partial charge is 0.227 e. The fraction of sp³-hybridized carbons (Fsp3) is 0. The zero-order chi connectivity index (χ0) is 35.1. The Balaban J connectivity index is 1.08. The van der Waals surface area contributed by atoms with Gasteiger partial charge < -0.3 is 9.32 Å². The van der Waals surface area contributed by atoms with Crippen molar-refractivity contribution in [3.8, 4) is 44.8 Å². The SMILES string of the molecule is c1ccc(-c2ccc(N(c3ccc(-c4cccc5sc6cc7nc(-c8ccccc8)oc7cc6c45)cc3)c3ccccc3-c3ccccc3)cc2)cc1. The highest BCUT2D eigenvalue weighted by Crippen LogP contribution is 2.44. The van der Waals surface area contributed by atoms with E-state index in [4.69, 9.17) is 9.40 Å². The molecule has 0 unspecified atom stereocenters. The third-order valence-electron chi connectivity index (χ3n) is 9.92. The second-order valence-electron chi connectivity index (χ2n) is 13.2. The van der Waals surface area contributed by atoms with E-state index in [9.17, 15) is 0 Å². The summed E-state index contributed by atoms with van der Waals surface area (Å²) in [6, 6.07) is 68.8. The lowest BCUT2D eigenvalue weighted by atomic mass is 9.98. The van der Waals surface area contributed by atoms with Gasteiger partial charge in [-0.1, -0.05) is 133 Å². The maximum Gasteiger partial charge on any atom is 0.227 e. The molecule has 0 aliphatic carbocycles. The Morgan fingerprint density at radius 1 is 0.434 bits per heavy atom. The summed E-state index contributed by atoms with van der Waals surface area (Å²) in [6.45, 7) is 0. The number of nitrogens with zero attached hydrogens (tertiary/aromatic N) is 2. The van der Waals surface area contributed by atoms with Crippen molar-refractivity contribution in [1.82, 2.24) is 4.98 Å². The first-order valence-electron chi connectivity index (χ1n) is 17.8. The summed E-state index contributed by atoms with van der Waals surface area (Å²) in [4.78, 5) is 7.21. The average Bonchev–Trinajstić information content (AvgIpc) is 3.82. The number of oxazole rings is 1. The van der Waals surface area contributed by atoms with Crippen molar-refractivity contribution in [2.75, 3.05) is 4.90 Å². The van der Waals surface area contributed by atoms with E-state index >= 15 is 0 Å². The van der Waals surface area contributed by atoms with Gasteiger partial charge in [0.2, 0.25) is 5.89 Å². The highest BCUT2D eigenvalue weighted by molar-refractivity contribution is 7.26. The number of benzene rings is 8. The molecule has 0 spiro atoms. The maximum absolute atomic E-state index is 6.31. The number of rotatable bonds is 7. The molecule has 0 aliphatic heterocycles. The van der Waals surface area contributed by atoms with Gasteiger partial charge in [-0.3, -0.25) is 0 Å². The van der Waals surface area contributed by atoms with Crippen LogP contribution in [0.5, 0.6) is 0 Å². The molecule has 10 rings (SSSR count). The lowest BCUT2D eigenvalue weighted by molar-refractivity contribution is 0.620. The molecule has 0 radical (unpaired) electrons. The number of anilines is 3. The first-order chi connectivity index (χ1) is 26.3. The Morgan fingerprint density at radius 3 is 1.68 bits per heavy atom. The molecule has 2 heterocycles. The lowest BCUT2D eigenvalue weighted by Crippen LogP contribution is -2.11. The zero-order valence-electron chi connectivity index (χ0n) is 28.7. The molecule has 0 N–H and O–H groups in total. The van der Waals surface area contributed by atoms with Crippen LogP contribution in [-0.2, 0) is 0 Å². The van der Waals surface area contributed by atoms with Gasteiger partial charge in [-0.25, -0.2) is 4.98 Å². The van der Waals surface area contributed by atoms with E-state index in [0.717, 1.165) is 39.3 Å². The molecular weight excluding hydrogens is 665 g/mol. The summed E-state index contributed by atoms with van der Waals surface area (Å²) in [5.74, 6) is 0.645. The number of hydrogen-bond donors (Lipinski definition) is 0. The second-order valence-corrected chi connectivity index (χ2v) is 14.2. The van der Waals surface area contributed by atoms with E-state index in [1.807, 2.05) is 30.3 Å². The Bertz CT molecular complexity index is 2860. The van der Waals surface area contributed by atoms with Crippen molar-refractivity contribution in [1.29, 1.82) is 0 Å². The molecule has 4 heteroatoms. The first-order valence-corrected chi connectivity index (χ1v) is 18.6. The summed E-state index contributed by atoms with van der Waals surface area (Å²) in [6.07, 6.45) is 0. The third-order valence-corrected chi connectivity index (χ3v) is 11.0. The van der Waals surface area contributed by atoms with Crippen molar-refractivity contribution in [3.05, 3.63) is 194 Å². The Labute approximate surface area is 311 Å². The molecule has 250 valence electrons. The number of para-hydroxylation sites is 1. The Kier molecular flexibility index (Phi) is 7.67. The van der Waals surface area contributed by atoms with Gasteiger partial charge in [0, 0.05) is 42.7 Å². The number of fused-ring (bicyclic) bond motifs is 4. The molecule has 3 nitrogen and oxygen atoms in total. The number of hydrogen-bond acceptors (Lipinski definition) is 4. The van der Waals surface area contributed by atoms with Gasteiger partial charge in [-0.05, 0) is 88.5 Å². The van der Waals surface area contributed by atoms with Crippen LogP contribution in [0.1, 0.15) is 0 Å². The maximum atomic E-state index is 6.31. The topological polar surface area (TPSA) is 29.3 Å². The van der Waals surface area contributed by atoms with Crippen LogP contribution in [0.15, 0.2) is 199 Å². The van der Waals surface area contributed by atoms with E-state index in [2.05, 4.69) is 169 Å². The van der Waals surface area contributed by atoms with Crippen LogP contribution in [0, 0.1) is 0 Å². The molecule has 0 bridgehead atoms. The summed E-state index contributed by atoms with van der Waals surface area (Å²) < 4.78 is 8.76. The first kappa shape index (κ1) is 31.0. The molecule has 0 saturated heterocycles. The van der Waals surface area contributed by atoms with Crippen LogP contribution < -0.4 is 4.90 Å². The van der Waals surface area contributed by atoms with Crippen LogP contribution >= 0.6 is 11.3 Å². The van der Waals surface area contributed by atoms with E-state index in [1.165, 1.54) is 48.0 Å². The van der Waals surface area contributed by atoms with E-state index in [0.29, 0.717) is 5.89 Å². The predicted octanol–water partition coefficient (Wildman–Crippen LogP) is 14.3. The van der Waals surface area contributed by atoms with E-state index in [-0.39, 0.29) is 0 Å². The largest absolute Gasteiger partial charge is 0.436 e. The monoisotopic (exact) mass is 696 g/mol. The van der Waals surface area contributed by atoms with Gasteiger partial charge in [-0.2, -0.15) is 0 Å². The quantitative estimate of drug-likeness (QED) is 0.166. The molecule has 0 amide bonds. The van der Waals surface area contributed by atoms with E-state index in [1.54, 1.807) is 11.3 Å². The Hall–Kier alpha value is -6.75. The minimum Gasteiger partial charge on any atom is -0.436 e. The standard InChI is InChI=1S/C49H32N2OS/c1-4-13-33(14-5-1)34-23-27-38(28-24-34)51(44-21-11-10-19-40(44)35-15-6-2-7-16-35)39-29-25-36(26-30-39)41-20-12-22-46-48(41)42-31-45-43(32-47(42)53-46)50-49(52-45)37-17-8-3-9-18-37/h1-32H. The molecule has 0 saturated carbocycles. The summed E-state index contributed by atoms with van der Waals surface area (Å²) in [5, 5.41) is 2.42. The fourth-order valence-corrected chi connectivity index (χ4v) is 8.52. The fourth-order valence-electron chi connectivity index (χ4n) is 7.37. The van der Waals surface area contributed by atoms with Gasteiger partial charge in [0.05, 0.1) is 5.69 Å². The van der Waals surface area contributed by atoms with Crippen molar-refractivity contribution >= 4 is 59.7 Å². The van der Waals surface area contributed by atoms with Crippen LogP contribution in [0.25, 0.3) is 76.1 Å². The van der Waals surface area contributed by atoms with Crippen molar-refractivity contribution in [3.63, 3.8) is 0 Å². The van der Waals surface area contributed by atoms with Gasteiger partial charge in [0.25, 0.3) is 0 Å². The van der Waals surface area contributed by atoms with Gasteiger partial charge in [0.15, 0.2) is 5.58 Å². The summed E-state index contributed by atoms with van der Waals surface area (Å²) >= 11 is 1.80. The summed E-state index contributed by atoms with van der Waals surface area (Å²) in [5.41, 5.74) is 13.1. The normalized spacial score (nSPS) is 11.4. The predicted molar refractivity (Wildman–Crippen MR) is 223 cm³/mol. The van der Waals surface area contributed by atoms with E-state index < -0.39 is 0 Å². The molecule has 0 atom stereocenters. The third kappa shape index (κ3) is 5.66. The zero-order valence-corrected chi connectivity index (χ0v) is 29.5. The second kappa shape index (κ2) is 13.1. The lowest BCUT2D eigenvalue weighted by Gasteiger charge is -2.28. The molecule has 2 aromatic heterocycles. The molecule has 0 fully saturated rings. The van der Waals surface area contributed by atoms with Crippen molar-refractivity contribution < 1.29 is 4.42 Å². The van der Waals surface area contributed by atoms with Crippen molar-refractivity contribution in [2.24, 2.45) is 0 Å². The van der Waals surface area contributed by atoms with Crippen molar-refractivity contribution in [2.45, 2.75) is 0 Å².